The number of likely N-dealkylation sites (tertiary alicyclic amines) is 1. The van der Waals surface area contributed by atoms with E-state index >= 15 is 24.0 Å². The van der Waals surface area contributed by atoms with Gasteiger partial charge in [0.25, 0.3) is 0 Å². The Bertz CT molecular complexity index is 5850. The summed E-state index contributed by atoms with van der Waals surface area (Å²) in [5.41, 5.74) is 5.78. The van der Waals surface area contributed by atoms with Crippen molar-refractivity contribution in [3.05, 3.63) is 177 Å². The Hall–Kier alpha value is -13.5. The number of alkyl halides is 3. The molecule has 0 radical (unpaired) electrons. The van der Waals surface area contributed by atoms with Gasteiger partial charge in [0.15, 0.2) is 0 Å². The van der Waals surface area contributed by atoms with Gasteiger partial charge in [0.2, 0.25) is 76.8 Å². The van der Waals surface area contributed by atoms with Crippen LogP contribution in [0.3, 0.4) is 0 Å². The smallest absolute Gasteiger partial charge is 0.416 e. The van der Waals surface area contributed by atoms with E-state index in [2.05, 4.69) is 78.1 Å². The van der Waals surface area contributed by atoms with Crippen LogP contribution in [0, 0.1) is 11.8 Å². The van der Waals surface area contributed by atoms with Gasteiger partial charge in [0.1, 0.15) is 88.4 Å². The molecule has 9 aromatic rings. The number of carboxylic acid groups (broad SMARTS) is 1. The van der Waals surface area contributed by atoms with Crippen molar-refractivity contribution in [2.45, 2.75) is 197 Å². The largest absolute Gasteiger partial charge is 0.480 e. The first kappa shape index (κ1) is 103. The minimum Gasteiger partial charge on any atom is -0.480 e. The third-order valence-electron chi connectivity index (χ3n) is 23.4. The molecule has 38 nitrogen and oxygen atoms in total. The zero-order chi connectivity index (χ0) is 97.7. The number of H-pyrrole nitrogens is 3. The highest BCUT2D eigenvalue weighted by Gasteiger charge is 2.45. The topological polar surface area (TPSA) is 546 Å². The lowest BCUT2D eigenvalue weighted by atomic mass is 9.96. The van der Waals surface area contributed by atoms with E-state index in [0.717, 1.165) is 41.5 Å². The van der Waals surface area contributed by atoms with Crippen LogP contribution in [-0.2, 0) is 122 Å². The lowest BCUT2D eigenvalue weighted by Crippen LogP contribution is -2.62. The van der Waals surface area contributed by atoms with E-state index in [0.29, 0.717) is 85.8 Å². The number of carbonyl (C=O) groups is 15. The van der Waals surface area contributed by atoms with Gasteiger partial charge in [0, 0.05) is 134 Å². The molecular weight excluding hydrogens is 1800 g/mol. The molecule has 0 spiro atoms. The third-order valence-corrected chi connectivity index (χ3v) is 25.6. The van der Waals surface area contributed by atoms with E-state index in [4.69, 9.17) is 0 Å². The molecule has 44 heteroatoms. The summed E-state index contributed by atoms with van der Waals surface area (Å²) in [6.07, 6.45) is -1.35. The van der Waals surface area contributed by atoms with Crippen LogP contribution in [-0.4, -0.2) is 265 Å². The fourth-order valence-electron chi connectivity index (χ4n) is 15.7. The zero-order valence-electron chi connectivity index (χ0n) is 75.1. The second-order valence-corrected chi connectivity index (χ2v) is 37.3. The third kappa shape index (κ3) is 27.4. The molecule has 0 saturated carbocycles. The number of nitrogens with one attached hydrogen (secondary N) is 14. The molecule has 14 atom stereocenters. The second kappa shape index (κ2) is 46.2. The standard InChI is InChI=1S/C90H110F3N19O19S3/c1-11-48(4)75(108-83(122)73(38-58-44-133-46-98-58)110(8)85(124)50(6)99-51(7)114)87(126)112-31-18-25-71(112)81(120)107-74(47(2)3)84(123)104-68(35-54-40-95-63-23-16-13-20-60(54)63)80(119)103-67(34-53-39-94-62-22-15-12-19-59(53)62)79(118)102-66(33-52-26-28-56(29-27-52)90(91,92)93)78(117)101-65(30-32-134(10,130)131)77(116)100-49(5)76(115)109-89(129)106-69(36-55-41-96-64-24-17-14-21-61(55)64)86(125)111(9)72(37-57-43-132-45-97-57)82(121)105-70(42-113)88(127)128/h12-17,19-24,26-29,39-41,43-50,65-75,94-96,113H,11,18,25,30-38,42H2,1-10H3,(H,99,114)(H,100,116)(H,101,117)(H,102,118)(H,103,119)(H,104,123)(H,105,121)(H,107,120)(H,108,122)(H,127,128)(H2,106,109,115,129)/t48-,49-,50-,65-,66-,67+,68+,69-,70-,71-,72-,73-,74-,75+/m0/s1. The van der Waals surface area contributed by atoms with E-state index in [-0.39, 0.29) is 44.2 Å². The van der Waals surface area contributed by atoms with Crippen LogP contribution in [0.2, 0.25) is 0 Å². The van der Waals surface area contributed by atoms with E-state index in [1.54, 1.807) is 135 Å². The van der Waals surface area contributed by atoms with Gasteiger partial charge in [-0.15, -0.1) is 22.7 Å². The quantitative estimate of drug-likeness (QED) is 0.0260. The van der Waals surface area contributed by atoms with E-state index in [1.807, 2.05) is 5.32 Å². The Balaban J connectivity index is 0.907. The number of aromatic nitrogens is 5. The number of aromatic amines is 3. The first-order chi connectivity index (χ1) is 63.5. The van der Waals surface area contributed by atoms with Gasteiger partial charge in [-0.1, -0.05) is 101 Å². The molecule has 6 heterocycles. The summed E-state index contributed by atoms with van der Waals surface area (Å²) in [4.78, 5) is 237. The van der Waals surface area contributed by atoms with Crippen molar-refractivity contribution in [3.63, 3.8) is 0 Å². The predicted molar refractivity (Wildman–Crippen MR) is 489 cm³/mol. The van der Waals surface area contributed by atoms with Crippen LogP contribution in [0.1, 0.15) is 113 Å². The molecule has 4 aromatic carbocycles. The highest BCUT2D eigenvalue weighted by molar-refractivity contribution is 7.90. The lowest BCUT2D eigenvalue weighted by molar-refractivity contribution is -0.145. The van der Waals surface area contributed by atoms with Gasteiger partial charge >= 0.3 is 18.2 Å². The molecular formula is C90H110F3N19O19S3. The number of aliphatic hydroxyl groups excluding tert-OH is 1. The molecule has 5 aromatic heterocycles. The number of para-hydroxylation sites is 3. The number of thiazole rings is 2. The van der Waals surface area contributed by atoms with Crippen molar-refractivity contribution >= 4 is 154 Å². The summed E-state index contributed by atoms with van der Waals surface area (Å²) in [6, 6.07) is 2.53. The van der Waals surface area contributed by atoms with Crippen LogP contribution in [0.15, 0.2) is 137 Å². The maximum absolute atomic E-state index is 15.7. The normalized spacial score (nSPS) is 15.7. The van der Waals surface area contributed by atoms with Crippen molar-refractivity contribution in [2.75, 3.05) is 39.3 Å². The Kier molecular flexibility index (Phi) is 35.4. The Labute approximate surface area is 776 Å². The molecule has 1 fully saturated rings. The van der Waals surface area contributed by atoms with Crippen molar-refractivity contribution in [1.82, 2.24) is 98.1 Å². The number of halogens is 3. The molecule has 1 saturated heterocycles. The molecule has 1 aliphatic rings. The number of carboxylic acids is 1. The van der Waals surface area contributed by atoms with Crippen LogP contribution in [0.4, 0.5) is 18.0 Å². The van der Waals surface area contributed by atoms with Gasteiger partial charge < -0.3 is 93.0 Å². The minimum absolute atomic E-state index is 0.0242. The summed E-state index contributed by atoms with van der Waals surface area (Å²) in [5, 5.41) is 52.4. The Morgan fingerprint density at radius 2 is 0.985 bits per heavy atom. The number of urea groups is 1. The number of aliphatic hydroxyl groups is 1. The number of imide groups is 1. The highest BCUT2D eigenvalue weighted by Crippen LogP contribution is 2.31. The average molecular weight is 1920 g/mol. The monoisotopic (exact) mass is 1910 g/mol. The van der Waals surface area contributed by atoms with Crippen molar-refractivity contribution in [3.8, 4) is 0 Å². The molecule has 0 unspecified atom stereocenters. The zero-order valence-corrected chi connectivity index (χ0v) is 77.5. The Morgan fingerprint density at radius 1 is 0.530 bits per heavy atom. The maximum atomic E-state index is 15.7. The van der Waals surface area contributed by atoms with E-state index in [9.17, 15) is 79.7 Å². The molecule has 10 rings (SSSR count). The van der Waals surface area contributed by atoms with Gasteiger partial charge in [-0.3, -0.25) is 67.6 Å². The molecule has 0 aliphatic carbocycles. The average Bonchev–Trinajstić information content (AvgIpc) is 1.48. The minimum atomic E-state index is -4.86. The molecule has 16 N–H and O–H groups in total. The summed E-state index contributed by atoms with van der Waals surface area (Å²) in [6.45, 7) is 9.58. The van der Waals surface area contributed by atoms with Crippen LogP contribution >= 0.6 is 22.7 Å². The number of likely N-dealkylation sites (N-methyl/N-ethyl adjacent to an activating group) is 2. The summed E-state index contributed by atoms with van der Waals surface area (Å²) in [7, 11) is -1.45. The van der Waals surface area contributed by atoms with Crippen molar-refractivity contribution in [2.24, 2.45) is 11.8 Å². The van der Waals surface area contributed by atoms with E-state index < -0.39 is 232 Å². The van der Waals surface area contributed by atoms with Gasteiger partial charge in [-0.25, -0.2) is 28.0 Å². The summed E-state index contributed by atoms with van der Waals surface area (Å²) >= 11 is 2.42. The predicted octanol–water partition coefficient (Wildman–Crippen LogP) is 3.29. The van der Waals surface area contributed by atoms with Crippen LogP contribution < -0.4 is 58.5 Å². The molecule has 718 valence electrons. The fourth-order valence-corrected chi connectivity index (χ4v) is 17.5. The van der Waals surface area contributed by atoms with Crippen LogP contribution in [0.5, 0.6) is 0 Å². The SMILES string of the molecule is CC[C@H](C)[C@@H](NC(=O)[C@H](Cc1cscn1)N(C)C(=O)[C@H](C)NC(C)=O)C(=O)N1CCC[C@H]1C(=O)N[C@H](C(=O)N[C@H](Cc1c[nH]c2ccccc12)C(=O)N[C@H](Cc1c[nH]c2ccccc12)C(=O)N[C@@H](Cc1ccc(C(F)(F)F)cc1)C(=O)N[C@@H](CCS(C)(=O)=O)C(=O)N[C@@H](C)C(=O)NC(=O)N[C@@H](Cc1c[nH]c2ccccc12)C(=O)N(C)[C@@H](Cc1cscn1)C(=O)N[C@@H](CO)C(=O)O)C(C)C. The number of hydrogen-bond acceptors (Lipinski definition) is 22. The fraction of sp³-hybridized carbons (Fsp3) is 0.433. The lowest BCUT2D eigenvalue weighted by Gasteiger charge is -2.35. The Morgan fingerprint density at radius 3 is 1.44 bits per heavy atom. The first-order valence-electron chi connectivity index (χ1n) is 43.2. The number of benzene rings is 4. The van der Waals surface area contributed by atoms with Crippen molar-refractivity contribution in [1.29, 1.82) is 0 Å². The van der Waals surface area contributed by atoms with Crippen molar-refractivity contribution < 1.29 is 104 Å². The highest BCUT2D eigenvalue weighted by atomic mass is 32.2. The van der Waals surface area contributed by atoms with E-state index in [1.165, 1.54) is 54.6 Å². The number of sulfone groups is 1. The number of aliphatic carboxylic acids is 1. The molecule has 0 bridgehead atoms. The molecule has 134 heavy (non-hydrogen) atoms. The maximum Gasteiger partial charge on any atom is 0.416 e. The number of rotatable bonds is 44. The van der Waals surface area contributed by atoms with Crippen LogP contribution in [0.25, 0.3) is 32.7 Å². The molecule has 1 aliphatic heterocycles. The first-order valence-corrected chi connectivity index (χ1v) is 47.2. The number of hydrogen-bond donors (Lipinski definition) is 16. The summed E-state index contributed by atoms with van der Waals surface area (Å²) in [5.74, 6) is -15.8. The van der Waals surface area contributed by atoms with Gasteiger partial charge in [0.05, 0.1) is 40.3 Å². The number of carbonyl (C=O) groups excluding carboxylic acids is 14. The van der Waals surface area contributed by atoms with Gasteiger partial charge in [-0.05, 0) is 97.5 Å². The summed E-state index contributed by atoms with van der Waals surface area (Å²) < 4.78 is 68.5. The number of fused-ring (bicyclic) bond motifs is 3. The second-order valence-electron chi connectivity index (χ2n) is 33.6. The molecule has 15 amide bonds. The number of amides is 15. The number of nitrogens with zero attached hydrogens (tertiary/aromatic N) is 5. The van der Waals surface area contributed by atoms with Gasteiger partial charge in [-0.2, -0.15) is 13.2 Å².